The Balaban J connectivity index is -0.0000000605. The Morgan fingerprint density at radius 2 is 1.41 bits per heavy atom. The Bertz CT molecular complexity index is 162. The molecular weight excluding hydrogens is 501 g/mol. The van der Waals surface area contributed by atoms with Gasteiger partial charge in [-0.25, -0.2) is 0 Å². The number of nitrogens with two attached hydrogens (primary N) is 2. The SMILES string of the molecule is N[C@@H]([C@H](O)[C@H](O)CO)[C@@H](N)C=O.[Cl-].[Cl-].[Cl-].[Cl-].[Pt+4]. The minimum Gasteiger partial charge on any atom is -1.00 e. The van der Waals surface area contributed by atoms with Gasteiger partial charge in [0, 0.05) is 0 Å². The number of halogens is 4. The molecule has 0 saturated carbocycles. The second-order valence-corrected chi connectivity index (χ2v) is 2.53. The van der Waals surface area contributed by atoms with Crippen LogP contribution >= 0.6 is 0 Å². The van der Waals surface area contributed by atoms with Crippen LogP contribution in [0.1, 0.15) is 0 Å². The summed E-state index contributed by atoms with van der Waals surface area (Å²) in [5.74, 6) is 0. The van der Waals surface area contributed by atoms with Crippen molar-refractivity contribution in [3.05, 3.63) is 0 Å². The first kappa shape index (κ1) is 36.2. The Labute approximate surface area is 139 Å². The van der Waals surface area contributed by atoms with Gasteiger partial charge in [-0.1, -0.05) is 0 Å². The van der Waals surface area contributed by atoms with Crippen molar-refractivity contribution >= 4 is 6.29 Å². The summed E-state index contributed by atoms with van der Waals surface area (Å²) in [5.41, 5.74) is 10.4. The van der Waals surface area contributed by atoms with E-state index in [1.54, 1.807) is 0 Å². The van der Waals surface area contributed by atoms with Crippen LogP contribution in [0.3, 0.4) is 0 Å². The van der Waals surface area contributed by atoms with E-state index in [1.165, 1.54) is 0 Å². The van der Waals surface area contributed by atoms with Gasteiger partial charge in [-0.15, -0.1) is 0 Å². The molecule has 7 N–H and O–H groups in total. The third-order valence-corrected chi connectivity index (χ3v) is 1.58. The fraction of sp³-hybridized carbons (Fsp3) is 0.833. The second kappa shape index (κ2) is 19.7. The summed E-state index contributed by atoms with van der Waals surface area (Å²) in [6.07, 6.45) is -2.39. The average molecular weight is 515 g/mol. The van der Waals surface area contributed by atoms with Gasteiger partial charge in [0.25, 0.3) is 0 Å². The van der Waals surface area contributed by atoms with Gasteiger partial charge < -0.3 is 81.2 Å². The van der Waals surface area contributed by atoms with Gasteiger partial charge in [0.05, 0.1) is 24.8 Å². The van der Waals surface area contributed by atoms with Gasteiger partial charge in [0.15, 0.2) is 0 Å². The zero-order valence-corrected chi connectivity index (χ0v) is 13.6. The molecule has 0 aliphatic heterocycles. The molecule has 0 amide bonds. The van der Waals surface area contributed by atoms with Gasteiger partial charge in [-0.3, -0.25) is 0 Å². The molecule has 6 nitrogen and oxygen atoms in total. The molecule has 0 rings (SSSR count). The fourth-order valence-electron chi connectivity index (χ4n) is 0.683. The number of aliphatic hydroxyl groups excluding tert-OH is 3. The Morgan fingerprint density at radius 3 is 1.65 bits per heavy atom. The molecule has 4 atom stereocenters. The molecule has 0 fully saturated rings. The van der Waals surface area contributed by atoms with E-state index in [1.807, 2.05) is 0 Å². The minimum absolute atomic E-state index is 0. The average Bonchev–Trinajstić information content (AvgIpc) is 2.12. The molecule has 0 saturated heterocycles. The van der Waals surface area contributed by atoms with Crippen LogP contribution in [0.25, 0.3) is 0 Å². The number of aldehydes is 1. The number of carbonyl (C=O) groups is 1. The van der Waals surface area contributed by atoms with Crippen LogP contribution in [0.4, 0.5) is 0 Å². The fourth-order valence-corrected chi connectivity index (χ4v) is 0.683. The van der Waals surface area contributed by atoms with Gasteiger partial charge in [-0.05, 0) is 0 Å². The molecule has 0 aromatic carbocycles. The monoisotopic (exact) mass is 513 g/mol. The predicted octanol–water partition coefficient (Wildman–Crippen LogP) is -15.4. The van der Waals surface area contributed by atoms with E-state index in [0.717, 1.165) is 0 Å². The van der Waals surface area contributed by atoms with Crippen molar-refractivity contribution in [2.24, 2.45) is 11.5 Å². The molecule has 0 aromatic heterocycles. The molecule has 110 valence electrons. The van der Waals surface area contributed by atoms with E-state index in [0.29, 0.717) is 6.29 Å². The van der Waals surface area contributed by atoms with Crippen LogP contribution in [0.15, 0.2) is 0 Å². The molecule has 0 aliphatic rings. The number of carbonyl (C=O) groups excluding carboxylic acids is 1. The standard InChI is InChI=1S/C6H14N2O4.4ClH.Pt/c7-3(1-9)5(8)6(12)4(11)2-10;;;;;/h1,3-6,10-12H,2,7-8H2;4*1H;/q;;;;;+4/p-4/t3-,4+,5+,6+;;;;;/m0...../s1. The van der Waals surface area contributed by atoms with Gasteiger partial charge in [-0.2, -0.15) is 0 Å². The first-order chi connectivity index (χ1) is 5.54. The van der Waals surface area contributed by atoms with E-state index < -0.39 is 30.9 Å². The molecule has 0 unspecified atom stereocenters. The quantitative estimate of drug-likeness (QED) is 0.232. The number of hydrogen-bond acceptors (Lipinski definition) is 6. The van der Waals surface area contributed by atoms with E-state index in [4.69, 9.17) is 26.8 Å². The second-order valence-electron chi connectivity index (χ2n) is 2.53. The minimum atomic E-state index is -1.39. The molecule has 0 spiro atoms. The van der Waals surface area contributed by atoms with Crippen molar-refractivity contribution in [2.45, 2.75) is 24.3 Å². The van der Waals surface area contributed by atoms with Crippen molar-refractivity contribution < 1.29 is 90.8 Å². The van der Waals surface area contributed by atoms with Crippen molar-refractivity contribution in [1.82, 2.24) is 0 Å². The van der Waals surface area contributed by atoms with Crippen LogP contribution in [-0.4, -0.2) is 52.5 Å². The van der Waals surface area contributed by atoms with E-state index in [9.17, 15) is 4.79 Å². The van der Waals surface area contributed by atoms with Crippen LogP contribution in [0.2, 0.25) is 0 Å². The molecule has 17 heavy (non-hydrogen) atoms. The van der Waals surface area contributed by atoms with Crippen LogP contribution < -0.4 is 61.1 Å². The summed E-state index contributed by atoms with van der Waals surface area (Å²) < 4.78 is 0. The summed E-state index contributed by atoms with van der Waals surface area (Å²) in [6.45, 7) is -0.625. The van der Waals surface area contributed by atoms with Crippen LogP contribution in [0.5, 0.6) is 0 Å². The van der Waals surface area contributed by atoms with Gasteiger partial charge in [0.1, 0.15) is 12.4 Å². The third kappa shape index (κ3) is 13.5. The smallest absolute Gasteiger partial charge is 1.00 e. The van der Waals surface area contributed by atoms with E-state index >= 15 is 0 Å². The maximum absolute atomic E-state index is 10.1. The zero-order valence-electron chi connectivity index (χ0n) is 8.33. The van der Waals surface area contributed by atoms with Crippen LogP contribution in [0, 0.1) is 0 Å². The van der Waals surface area contributed by atoms with Crippen molar-refractivity contribution in [1.29, 1.82) is 0 Å². The summed E-state index contributed by atoms with van der Waals surface area (Å²) in [6, 6.07) is -2.11. The summed E-state index contributed by atoms with van der Waals surface area (Å²) in [7, 11) is 0. The third-order valence-electron chi connectivity index (χ3n) is 1.58. The number of hydrogen-bond donors (Lipinski definition) is 5. The summed E-state index contributed by atoms with van der Waals surface area (Å²) in [5, 5.41) is 26.4. The zero-order chi connectivity index (χ0) is 9.72. The molecule has 0 heterocycles. The topological polar surface area (TPSA) is 130 Å². The van der Waals surface area contributed by atoms with Gasteiger partial charge in [0.2, 0.25) is 0 Å². The molecule has 0 aliphatic carbocycles. The van der Waals surface area contributed by atoms with E-state index in [-0.39, 0.29) is 70.7 Å². The molecule has 0 radical (unpaired) electrons. The van der Waals surface area contributed by atoms with Crippen LogP contribution in [-0.2, 0) is 25.9 Å². The van der Waals surface area contributed by atoms with Gasteiger partial charge >= 0.3 is 21.1 Å². The Kier molecular flexibility index (Phi) is 41.9. The molecular formula is C6H14Cl4N2O4Pt. The number of aliphatic hydroxyl groups is 3. The molecule has 11 heteroatoms. The maximum atomic E-state index is 10.1. The molecule has 0 aromatic rings. The predicted molar refractivity (Wildman–Crippen MR) is 41.1 cm³/mol. The van der Waals surface area contributed by atoms with Crippen molar-refractivity contribution in [3.8, 4) is 0 Å². The largest absolute Gasteiger partial charge is 4.00 e. The normalized spacial score (nSPS) is 14.9. The van der Waals surface area contributed by atoms with Crippen molar-refractivity contribution in [2.75, 3.05) is 6.61 Å². The summed E-state index contributed by atoms with van der Waals surface area (Å²) >= 11 is 0. The first-order valence-electron chi connectivity index (χ1n) is 3.48. The number of rotatable bonds is 5. The van der Waals surface area contributed by atoms with Crippen molar-refractivity contribution in [3.63, 3.8) is 0 Å². The first-order valence-corrected chi connectivity index (χ1v) is 3.48. The summed E-state index contributed by atoms with van der Waals surface area (Å²) in [4.78, 5) is 10.1. The Hall–Kier alpha value is 1.32. The maximum Gasteiger partial charge on any atom is 4.00 e. The Morgan fingerprint density at radius 1 is 1.06 bits per heavy atom. The van der Waals surface area contributed by atoms with E-state index in [2.05, 4.69) is 0 Å². The molecule has 0 bridgehead atoms.